The highest BCUT2D eigenvalue weighted by Gasteiger charge is 2.24. The number of alkyl halides is 1. The van der Waals surface area contributed by atoms with Gasteiger partial charge in [-0.05, 0) is 62.3 Å². The molecule has 0 bridgehead atoms. The quantitative estimate of drug-likeness (QED) is 0.603. The molecular weight excluding hydrogens is 309 g/mol. The zero-order valence-electron chi connectivity index (χ0n) is 10.9. The number of rotatable bonds is 4. The van der Waals surface area contributed by atoms with E-state index in [1.54, 1.807) is 0 Å². The lowest BCUT2D eigenvalue weighted by Gasteiger charge is -2.32. The lowest BCUT2D eigenvalue weighted by molar-refractivity contribution is 0.206. The van der Waals surface area contributed by atoms with Crippen LogP contribution in [0.1, 0.15) is 52.4 Å². The van der Waals surface area contributed by atoms with Gasteiger partial charge in [-0.15, -0.1) is 0 Å². The third-order valence-corrected chi connectivity index (χ3v) is 5.65. The van der Waals surface area contributed by atoms with Crippen LogP contribution in [0.5, 0.6) is 0 Å². The fourth-order valence-corrected chi connectivity index (χ4v) is 3.81. The summed E-state index contributed by atoms with van der Waals surface area (Å²) in [7, 11) is 0. The van der Waals surface area contributed by atoms with Crippen LogP contribution in [-0.2, 0) is 0 Å². The first-order chi connectivity index (χ1) is 7.67. The van der Waals surface area contributed by atoms with Gasteiger partial charge in [0.1, 0.15) is 0 Å². The van der Waals surface area contributed by atoms with Crippen molar-refractivity contribution in [1.82, 2.24) is 0 Å². The minimum Gasteiger partial charge on any atom is -0.330 e. The maximum atomic E-state index is 5.64. The number of nitrogens with two attached hydrogens (primary N) is 1. The van der Waals surface area contributed by atoms with Gasteiger partial charge in [0.2, 0.25) is 0 Å². The Balaban J connectivity index is 2.50. The lowest BCUT2D eigenvalue weighted by atomic mass is 9.75. The molecule has 16 heavy (non-hydrogen) atoms. The predicted octanol–water partition coefficient (Wildman–Crippen LogP) is 4.24. The lowest BCUT2D eigenvalue weighted by Crippen LogP contribution is -2.22. The highest BCUT2D eigenvalue weighted by atomic mass is 127. The molecule has 1 aliphatic carbocycles. The second-order valence-electron chi connectivity index (χ2n) is 5.82. The van der Waals surface area contributed by atoms with Crippen LogP contribution in [0.3, 0.4) is 0 Å². The molecular formula is C14H28IN. The fraction of sp³-hybridized carbons (Fsp3) is 1.00. The van der Waals surface area contributed by atoms with Crippen molar-refractivity contribution in [3.63, 3.8) is 0 Å². The van der Waals surface area contributed by atoms with Gasteiger partial charge < -0.3 is 5.73 Å². The molecule has 0 aliphatic heterocycles. The average molecular weight is 337 g/mol. The molecule has 0 radical (unpaired) electrons. The minimum atomic E-state index is 0.870. The smallest absolute Gasteiger partial charge is 0.00238 e. The molecule has 0 aromatic rings. The van der Waals surface area contributed by atoms with E-state index in [0.717, 1.165) is 30.2 Å². The first kappa shape index (κ1) is 14.7. The van der Waals surface area contributed by atoms with Crippen molar-refractivity contribution in [3.8, 4) is 0 Å². The Kier molecular flexibility index (Phi) is 7.29. The third kappa shape index (κ3) is 4.91. The average Bonchev–Trinajstić information content (AvgIpc) is 2.28. The summed E-state index contributed by atoms with van der Waals surface area (Å²) < 4.78 is 1.35. The van der Waals surface area contributed by atoms with Gasteiger partial charge in [0.15, 0.2) is 0 Å². The van der Waals surface area contributed by atoms with Gasteiger partial charge in [0.25, 0.3) is 0 Å². The van der Waals surface area contributed by atoms with E-state index >= 15 is 0 Å². The molecule has 4 atom stereocenters. The van der Waals surface area contributed by atoms with Crippen LogP contribution in [0.25, 0.3) is 0 Å². The number of hydrogen-bond acceptors (Lipinski definition) is 1. The normalized spacial score (nSPS) is 36.8. The SMILES string of the molecule is CC1CCC(CI)C[C@H](CCCN)CC1C. The molecule has 0 spiro atoms. The van der Waals surface area contributed by atoms with Crippen molar-refractivity contribution in [2.24, 2.45) is 29.4 Å². The van der Waals surface area contributed by atoms with Crippen molar-refractivity contribution in [1.29, 1.82) is 0 Å². The number of halogens is 1. The molecule has 2 heteroatoms. The monoisotopic (exact) mass is 337 g/mol. The maximum Gasteiger partial charge on any atom is 0.00238 e. The van der Waals surface area contributed by atoms with Gasteiger partial charge >= 0.3 is 0 Å². The van der Waals surface area contributed by atoms with E-state index in [1.807, 2.05) is 0 Å². The van der Waals surface area contributed by atoms with Crippen LogP contribution in [-0.4, -0.2) is 11.0 Å². The van der Waals surface area contributed by atoms with Crippen LogP contribution < -0.4 is 5.73 Å². The molecule has 0 amide bonds. The van der Waals surface area contributed by atoms with Crippen LogP contribution in [0, 0.1) is 23.7 Å². The summed E-state index contributed by atoms with van der Waals surface area (Å²) in [6.07, 6.45) is 8.38. The standard InChI is InChI=1S/C14H28IN/c1-11-5-6-14(10-15)9-13(4-3-7-16)8-12(11)2/h11-14H,3-10,16H2,1-2H3/t11?,12?,13-,14?/m1/s1. The van der Waals surface area contributed by atoms with Gasteiger partial charge in [-0.1, -0.05) is 42.9 Å². The first-order valence-corrected chi connectivity index (χ1v) is 8.46. The van der Waals surface area contributed by atoms with E-state index in [2.05, 4.69) is 36.4 Å². The van der Waals surface area contributed by atoms with E-state index < -0.39 is 0 Å². The van der Waals surface area contributed by atoms with Gasteiger partial charge in [-0.2, -0.15) is 0 Å². The highest BCUT2D eigenvalue weighted by Crippen LogP contribution is 2.35. The predicted molar refractivity (Wildman–Crippen MR) is 81.0 cm³/mol. The first-order valence-electron chi connectivity index (χ1n) is 6.93. The Morgan fingerprint density at radius 2 is 1.81 bits per heavy atom. The zero-order chi connectivity index (χ0) is 12.0. The summed E-state index contributed by atoms with van der Waals surface area (Å²) in [6.45, 7) is 5.76. The van der Waals surface area contributed by atoms with Gasteiger partial charge in [-0.25, -0.2) is 0 Å². The third-order valence-electron chi connectivity index (χ3n) is 4.41. The molecule has 0 saturated heterocycles. The molecule has 0 aromatic carbocycles. The van der Waals surface area contributed by atoms with E-state index in [-0.39, 0.29) is 0 Å². The summed E-state index contributed by atoms with van der Waals surface area (Å²) in [5.74, 6) is 3.75. The number of hydrogen-bond donors (Lipinski definition) is 1. The summed E-state index contributed by atoms with van der Waals surface area (Å²) in [5, 5.41) is 0. The van der Waals surface area contributed by atoms with E-state index in [0.29, 0.717) is 0 Å². The van der Waals surface area contributed by atoms with Crippen molar-refractivity contribution < 1.29 is 0 Å². The van der Waals surface area contributed by atoms with E-state index in [1.165, 1.54) is 43.0 Å². The molecule has 0 heterocycles. The molecule has 3 unspecified atom stereocenters. The largest absolute Gasteiger partial charge is 0.330 e. The highest BCUT2D eigenvalue weighted by molar-refractivity contribution is 14.1. The topological polar surface area (TPSA) is 26.0 Å². The molecule has 96 valence electrons. The Hall–Kier alpha value is 0.690. The second-order valence-corrected chi connectivity index (χ2v) is 6.70. The molecule has 1 nitrogen and oxygen atoms in total. The summed E-state index contributed by atoms with van der Waals surface area (Å²) in [4.78, 5) is 0. The summed E-state index contributed by atoms with van der Waals surface area (Å²) in [5.41, 5.74) is 5.64. The Labute approximate surface area is 115 Å². The van der Waals surface area contributed by atoms with Gasteiger partial charge in [-0.3, -0.25) is 0 Å². The summed E-state index contributed by atoms with van der Waals surface area (Å²) >= 11 is 2.57. The van der Waals surface area contributed by atoms with Crippen molar-refractivity contribution in [2.45, 2.75) is 52.4 Å². The fourth-order valence-electron chi connectivity index (χ4n) is 3.01. The van der Waals surface area contributed by atoms with Crippen molar-refractivity contribution >= 4 is 22.6 Å². The second kappa shape index (κ2) is 7.91. The molecule has 1 fully saturated rings. The van der Waals surface area contributed by atoms with Crippen molar-refractivity contribution in [2.75, 3.05) is 11.0 Å². The van der Waals surface area contributed by atoms with Gasteiger partial charge in [0, 0.05) is 4.43 Å². The maximum absolute atomic E-state index is 5.64. The van der Waals surface area contributed by atoms with Gasteiger partial charge in [0.05, 0.1) is 0 Å². The Morgan fingerprint density at radius 1 is 1.06 bits per heavy atom. The Morgan fingerprint density at radius 3 is 2.44 bits per heavy atom. The molecule has 1 aliphatic rings. The molecule has 2 N–H and O–H groups in total. The van der Waals surface area contributed by atoms with Crippen molar-refractivity contribution in [3.05, 3.63) is 0 Å². The van der Waals surface area contributed by atoms with Crippen LogP contribution in [0.15, 0.2) is 0 Å². The van der Waals surface area contributed by atoms with Crippen LogP contribution in [0.2, 0.25) is 0 Å². The van der Waals surface area contributed by atoms with E-state index in [9.17, 15) is 0 Å². The molecule has 0 aromatic heterocycles. The Bertz CT molecular complexity index is 182. The van der Waals surface area contributed by atoms with E-state index in [4.69, 9.17) is 5.73 Å². The zero-order valence-corrected chi connectivity index (χ0v) is 13.1. The summed E-state index contributed by atoms with van der Waals surface area (Å²) in [6, 6.07) is 0. The molecule has 1 rings (SSSR count). The minimum absolute atomic E-state index is 0.870. The molecule has 1 saturated carbocycles. The van der Waals surface area contributed by atoms with Crippen LogP contribution >= 0.6 is 22.6 Å². The van der Waals surface area contributed by atoms with Crippen LogP contribution in [0.4, 0.5) is 0 Å².